The Morgan fingerprint density at radius 1 is 1.50 bits per heavy atom. The van der Waals surface area contributed by atoms with Gasteiger partial charge in [-0.2, -0.15) is 0 Å². The molecule has 0 fully saturated rings. The second kappa shape index (κ2) is 5.82. The highest BCUT2D eigenvalue weighted by Gasteiger charge is 2.03. The number of rotatable bonds is 5. The molecule has 0 saturated carbocycles. The van der Waals surface area contributed by atoms with Crippen molar-refractivity contribution in [2.24, 2.45) is 5.92 Å². The van der Waals surface area contributed by atoms with Crippen molar-refractivity contribution in [1.29, 1.82) is 0 Å². The zero-order valence-corrected chi connectivity index (χ0v) is 11.4. The molecule has 2 N–H and O–H groups in total. The zero-order valence-electron chi connectivity index (χ0n) is 10.6. The fourth-order valence-electron chi connectivity index (χ4n) is 1.68. The first-order valence-electron chi connectivity index (χ1n) is 6.00. The summed E-state index contributed by atoms with van der Waals surface area (Å²) in [6.45, 7) is 4.94. The van der Waals surface area contributed by atoms with E-state index in [2.05, 4.69) is 29.1 Å². The first-order valence-corrected chi connectivity index (χ1v) is 6.41. The van der Waals surface area contributed by atoms with Gasteiger partial charge in [0.05, 0.1) is 12.8 Å². The minimum absolute atomic E-state index is 0.545. The van der Waals surface area contributed by atoms with Crippen molar-refractivity contribution < 1.29 is 4.42 Å². The molecule has 96 valence electrons. The van der Waals surface area contributed by atoms with E-state index in [0.717, 1.165) is 23.8 Å². The Kier molecular flexibility index (Phi) is 4.15. The molecule has 0 aliphatic rings. The van der Waals surface area contributed by atoms with Crippen molar-refractivity contribution >= 4 is 18.0 Å². The zero-order chi connectivity index (χ0) is 13.0. The lowest BCUT2D eigenvalue weighted by atomic mass is 10.1. The second-order valence-electron chi connectivity index (χ2n) is 4.61. The molecule has 0 aromatic carbocycles. The summed E-state index contributed by atoms with van der Waals surface area (Å²) in [6, 6.07) is 5.62. The van der Waals surface area contributed by atoms with Crippen molar-refractivity contribution in [3.05, 3.63) is 40.7 Å². The molecule has 2 heterocycles. The molecule has 0 aliphatic carbocycles. The third kappa shape index (κ3) is 3.70. The molecule has 18 heavy (non-hydrogen) atoms. The summed E-state index contributed by atoms with van der Waals surface area (Å²) in [5.41, 5.74) is 0. The van der Waals surface area contributed by atoms with Crippen LogP contribution in [0.1, 0.15) is 25.4 Å². The largest absolute Gasteiger partial charge is 0.467 e. The third-order valence-corrected chi connectivity index (χ3v) is 2.64. The van der Waals surface area contributed by atoms with Gasteiger partial charge in [-0.05, 0) is 18.1 Å². The van der Waals surface area contributed by atoms with Gasteiger partial charge in [0.1, 0.15) is 22.0 Å². The summed E-state index contributed by atoms with van der Waals surface area (Å²) in [7, 11) is 0. The maximum atomic E-state index is 5.26. The SMILES string of the molecule is CC(C)Cc1nc(=S)cc(NCc2ccco2)[nH]1. The molecule has 0 saturated heterocycles. The standard InChI is InChI=1S/C13H17N3OS/c1-9(2)6-12-15-11(7-13(18)16-12)14-8-10-4-3-5-17-10/h3-5,7,9H,6,8H2,1-2H3,(H2,14,15,16,18). The number of aromatic nitrogens is 2. The number of nitrogens with one attached hydrogen (secondary N) is 2. The van der Waals surface area contributed by atoms with Gasteiger partial charge in [0, 0.05) is 12.5 Å². The quantitative estimate of drug-likeness (QED) is 0.810. The van der Waals surface area contributed by atoms with Gasteiger partial charge in [-0.25, -0.2) is 4.98 Å². The van der Waals surface area contributed by atoms with Crippen LogP contribution in [-0.4, -0.2) is 9.97 Å². The van der Waals surface area contributed by atoms with Crippen LogP contribution < -0.4 is 5.32 Å². The van der Waals surface area contributed by atoms with Gasteiger partial charge in [0.15, 0.2) is 0 Å². The summed E-state index contributed by atoms with van der Waals surface area (Å²) in [5, 5.41) is 3.25. The molecule has 5 heteroatoms. The highest BCUT2D eigenvalue weighted by Crippen LogP contribution is 2.10. The van der Waals surface area contributed by atoms with Crippen LogP contribution in [0, 0.1) is 10.6 Å². The van der Waals surface area contributed by atoms with Gasteiger partial charge >= 0.3 is 0 Å². The average molecular weight is 263 g/mol. The van der Waals surface area contributed by atoms with Crippen LogP contribution in [0.4, 0.5) is 5.82 Å². The third-order valence-electron chi connectivity index (χ3n) is 2.43. The molecule has 0 unspecified atom stereocenters. The predicted molar refractivity (Wildman–Crippen MR) is 74.0 cm³/mol. The number of aromatic amines is 1. The van der Waals surface area contributed by atoms with Crippen LogP contribution in [0.15, 0.2) is 28.9 Å². The first-order chi connectivity index (χ1) is 8.63. The summed E-state index contributed by atoms with van der Waals surface area (Å²) < 4.78 is 5.87. The van der Waals surface area contributed by atoms with Gasteiger partial charge in [0.25, 0.3) is 0 Å². The molecule has 4 nitrogen and oxygen atoms in total. The van der Waals surface area contributed by atoms with E-state index in [-0.39, 0.29) is 0 Å². The van der Waals surface area contributed by atoms with E-state index >= 15 is 0 Å². The molecule has 2 rings (SSSR count). The molecule has 0 atom stereocenters. The fourth-order valence-corrected chi connectivity index (χ4v) is 1.91. The molecule has 2 aromatic heterocycles. The van der Waals surface area contributed by atoms with Crippen LogP contribution in [0.5, 0.6) is 0 Å². The van der Waals surface area contributed by atoms with E-state index in [0.29, 0.717) is 17.1 Å². The van der Waals surface area contributed by atoms with Crippen molar-refractivity contribution in [1.82, 2.24) is 9.97 Å². The van der Waals surface area contributed by atoms with Gasteiger partial charge in [-0.3, -0.25) is 0 Å². The van der Waals surface area contributed by atoms with Gasteiger partial charge in [-0.1, -0.05) is 26.1 Å². The second-order valence-corrected chi connectivity index (χ2v) is 5.03. The Bertz CT molecular complexity index is 546. The Morgan fingerprint density at radius 2 is 2.33 bits per heavy atom. The lowest BCUT2D eigenvalue weighted by molar-refractivity contribution is 0.517. The number of anilines is 1. The minimum atomic E-state index is 0.545. The summed E-state index contributed by atoms with van der Waals surface area (Å²) >= 11 is 5.16. The summed E-state index contributed by atoms with van der Waals surface area (Å²) in [5.74, 6) is 3.22. The Balaban J connectivity index is 2.08. The number of nitrogens with zero attached hydrogens (tertiary/aromatic N) is 1. The fraction of sp³-hybridized carbons (Fsp3) is 0.385. The first kappa shape index (κ1) is 12.8. The van der Waals surface area contributed by atoms with E-state index in [1.807, 2.05) is 18.2 Å². The lowest BCUT2D eigenvalue weighted by Crippen LogP contribution is -2.06. The minimum Gasteiger partial charge on any atom is -0.467 e. The molecular formula is C13H17N3OS. The van der Waals surface area contributed by atoms with E-state index in [1.54, 1.807) is 6.26 Å². The molecule has 0 aliphatic heterocycles. The smallest absolute Gasteiger partial charge is 0.131 e. The van der Waals surface area contributed by atoms with E-state index in [9.17, 15) is 0 Å². The molecule has 2 aromatic rings. The average Bonchev–Trinajstić information content (AvgIpc) is 2.77. The van der Waals surface area contributed by atoms with Crippen molar-refractivity contribution in [2.75, 3.05) is 5.32 Å². The van der Waals surface area contributed by atoms with E-state index in [4.69, 9.17) is 16.6 Å². The summed E-state index contributed by atoms with van der Waals surface area (Å²) in [6.07, 6.45) is 2.55. The Morgan fingerprint density at radius 3 is 3.00 bits per heavy atom. The molecule has 0 bridgehead atoms. The van der Waals surface area contributed by atoms with Gasteiger partial charge in [-0.15, -0.1) is 0 Å². The number of furan rings is 1. The van der Waals surface area contributed by atoms with Crippen molar-refractivity contribution in [3.8, 4) is 0 Å². The van der Waals surface area contributed by atoms with Gasteiger partial charge in [0.2, 0.25) is 0 Å². The van der Waals surface area contributed by atoms with Crippen LogP contribution in [0.25, 0.3) is 0 Å². The van der Waals surface area contributed by atoms with E-state index in [1.165, 1.54) is 0 Å². The van der Waals surface area contributed by atoms with Crippen LogP contribution in [0.2, 0.25) is 0 Å². The van der Waals surface area contributed by atoms with Crippen molar-refractivity contribution in [3.63, 3.8) is 0 Å². The van der Waals surface area contributed by atoms with Crippen LogP contribution in [0.3, 0.4) is 0 Å². The lowest BCUT2D eigenvalue weighted by Gasteiger charge is -2.09. The molecule has 0 radical (unpaired) electrons. The highest BCUT2D eigenvalue weighted by molar-refractivity contribution is 7.71. The molecule has 0 spiro atoms. The highest BCUT2D eigenvalue weighted by atomic mass is 32.1. The maximum absolute atomic E-state index is 5.26. The number of hydrogen-bond donors (Lipinski definition) is 2. The Hall–Kier alpha value is -1.62. The van der Waals surface area contributed by atoms with Crippen LogP contribution in [-0.2, 0) is 13.0 Å². The number of H-pyrrole nitrogens is 1. The molecular weight excluding hydrogens is 246 g/mol. The van der Waals surface area contributed by atoms with Crippen LogP contribution >= 0.6 is 12.2 Å². The Labute approximate surface area is 111 Å². The van der Waals surface area contributed by atoms with E-state index < -0.39 is 0 Å². The normalized spacial score (nSPS) is 10.8. The molecule has 0 amide bonds. The maximum Gasteiger partial charge on any atom is 0.131 e. The number of hydrogen-bond acceptors (Lipinski definition) is 4. The van der Waals surface area contributed by atoms with Crippen molar-refractivity contribution in [2.45, 2.75) is 26.8 Å². The topological polar surface area (TPSA) is 53.9 Å². The van der Waals surface area contributed by atoms with Gasteiger partial charge < -0.3 is 14.7 Å². The summed E-state index contributed by atoms with van der Waals surface area (Å²) in [4.78, 5) is 7.56. The monoisotopic (exact) mass is 263 g/mol. The predicted octanol–water partition coefficient (Wildman–Crippen LogP) is 3.54.